The summed E-state index contributed by atoms with van der Waals surface area (Å²) >= 11 is 0. The molecule has 0 unspecified atom stereocenters. The van der Waals surface area contributed by atoms with Crippen molar-refractivity contribution >= 4 is 11.6 Å². The van der Waals surface area contributed by atoms with E-state index in [1.807, 2.05) is 19.4 Å². The minimum absolute atomic E-state index is 0.0839. The molecule has 0 aliphatic carbocycles. The molecule has 1 aliphatic heterocycles. The van der Waals surface area contributed by atoms with Crippen LogP contribution >= 0.6 is 0 Å². The van der Waals surface area contributed by atoms with Crippen LogP contribution in [-0.2, 0) is 11.8 Å². The second-order valence-corrected chi connectivity index (χ2v) is 7.93. The van der Waals surface area contributed by atoms with E-state index in [9.17, 15) is 4.79 Å². The molecule has 1 aromatic carbocycles. The van der Waals surface area contributed by atoms with E-state index in [0.717, 1.165) is 17.8 Å². The summed E-state index contributed by atoms with van der Waals surface area (Å²) in [7, 11) is 1.91. The minimum atomic E-state index is -0.0839. The number of aryl methyl sites for hydroxylation is 1. The molecule has 2 N–H and O–H groups in total. The van der Waals surface area contributed by atoms with E-state index in [0.29, 0.717) is 18.4 Å². The molecule has 5 nitrogen and oxygen atoms in total. The van der Waals surface area contributed by atoms with Crippen LogP contribution in [0.2, 0.25) is 0 Å². The fourth-order valence-corrected chi connectivity index (χ4v) is 3.85. The summed E-state index contributed by atoms with van der Waals surface area (Å²) in [6, 6.07) is 6.34. The third-order valence-electron chi connectivity index (χ3n) is 5.33. The number of nitrogens with zero attached hydrogens (tertiary/aromatic N) is 2. The van der Waals surface area contributed by atoms with E-state index in [2.05, 4.69) is 61.6 Å². The van der Waals surface area contributed by atoms with Crippen molar-refractivity contribution in [3.8, 4) is 0 Å². The number of nitrogens with one attached hydrogen (secondary N) is 2. The number of rotatable bonds is 5. The number of aromatic nitrogens is 2. The van der Waals surface area contributed by atoms with E-state index in [1.54, 1.807) is 4.68 Å². The molecule has 0 bridgehead atoms. The fourth-order valence-electron chi connectivity index (χ4n) is 3.85. The highest BCUT2D eigenvalue weighted by molar-refractivity contribution is 5.95. The number of amides is 1. The average Bonchev–Trinajstić information content (AvgIpc) is 3.23. The van der Waals surface area contributed by atoms with Gasteiger partial charge in [-0.05, 0) is 28.5 Å². The maximum Gasteiger partial charge on any atom is 0.229 e. The summed E-state index contributed by atoms with van der Waals surface area (Å²) in [4.78, 5) is 13.2. The van der Waals surface area contributed by atoms with E-state index < -0.39 is 0 Å². The lowest BCUT2D eigenvalue weighted by molar-refractivity contribution is -0.119. The Kier molecular flexibility index (Phi) is 5.47. The topological polar surface area (TPSA) is 59.0 Å². The number of carbonyl (C=O) groups is 1. The molecule has 3 rings (SSSR count). The summed E-state index contributed by atoms with van der Waals surface area (Å²) in [6.45, 7) is 10.2. The first kappa shape index (κ1) is 18.6. The van der Waals surface area contributed by atoms with E-state index in [-0.39, 0.29) is 17.7 Å². The Hall–Kier alpha value is -2.14. The van der Waals surface area contributed by atoms with Gasteiger partial charge in [0, 0.05) is 37.9 Å². The van der Waals surface area contributed by atoms with Crippen molar-refractivity contribution in [3.63, 3.8) is 0 Å². The van der Waals surface area contributed by atoms with Gasteiger partial charge in [-0.15, -0.1) is 0 Å². The van der Waals surface area contributed by atoms with Crippen LogP contribution in [0.3, 0.4) is 0 Å². The molecule has 0 radical (unpaired) electrons. The summed E-state index contributed by atoms with van der Waals surface area (Å²) in [5, 5.41) is 10.9. The standard InChI is InChI=1S/C21H30N4O/c1-13(2)16-7-6-8-17(14(3)4)20(16)24-21(26)19-11-22-10-18(19)15-9-23-25(5)12-15/h6-9,12-14,18-19,22H,10-11H2,1-5H3,(H,24,26)/t18-,19+/m1/s1. The molecule has 140 valence electrons. The van der Waals surface area contributed by atoms with Crippen LogP contribution in [0.15, 0.2) is 30.6 Å². The van der Waals surface area contributed by atoms with Crippen molar-refractivity contribution in [2.45, 2.75) is 45.4 Å². The summed E-state index contributed by atoms with van der Waals surface area (Å²) in [5.41, 5.74) is 4.53. The third kappa shape index (κ3) is 3.68. The molecule has 0 spiro atoms. The Bertz CT molecular complexity index is 752. The molecule has 26 heavy (non-hydrogen) atoms. The summed E-state index contributed by atoms with van der Waals surface area (Å²) < 4.78 is 1.80. The highest BCUT2D eigenvalue weighted by Gasteiger charge is 2.35. The molecular weight excluding hydrogens is 324 g/mol. The van der Waals surface area contributed by atoms with Gasteiger partial charge in [0.15, 0.2) is 0 Å². The van der Waals surface area contributed by atoms with Crippen LogP contribution in [0.5, 0.6) is 0 Å². The summed E-state index contributed by atoms with van der Waals surface area (Å²) in [6.07, 6.45) is 3.89. The van der Waals surface area contributed by atoms with Gasteiger partial charge in [-0.1, -0.05) is 45.9 Å². The Morgan fingerprint density at radius 3 is 2.38 bits per heavy atom. The highest BCUT2D eigenvalue weighted by Crippen LogP contribution is 2.34. The van der Waals surface area contributed by atoms with Crippen molar-refractivity contribution < 1.29 is 4.79 Å². The predicted octanol–water partition coefficient (Wildman–Crippen LogP) is 3.61. The zero-order valence-corrected chi connectivity index (χ0v) is 16.4. The van der Waals surface area contributed by atoms with Crippen LogP contribution in [0.25, 0.3) is 0 Å². The highest BCUT2D eigenvalue weighted by atomic mass is 16.2. The maximum absolute atomic E-state index is 13.2. The first-order chi connectivity index (χ1) is 12.4. The van der Waals surface area contributed by atoms with Gasteiger partial charge in [-0.2, -0.15) is 5.10 Å². The Labute approximate surface area is 156 Å². The van der Waals surface area contributed by atoms with Crippen LogP contribution < -0.4 is 10.6 Å². The molecule has 1 aromatic heterocycles. The molecule has 5 heteroatoms. The van der Waals surface area contributed by atoms with Gasteiger partial charge >= 0.3 is 0 Å². The van der Waals surface area contributed by atoms with Gasteiger partial charge in [0.25, 0.3) is 0 Å². The number of hydrogen-bond acceptors (Lipinski definition) is 3. The lowest BCUT2D eigenvalue weighted by Gasteiger charge is -2.23. The van der Waals surface area contributed by atoms with Crippen molar-refractivity contribution in [1.29, 1.82) is 0 Å². The van der Waals surface area contributed by atoms with Gasteiger partial charge in [-0.25, -0.2) is 0 Å². The number of para-hydroxylation sites is 1. The van der Waals surface area contributed by atoms with Gasteiger partial charge in [0.2, 0.25) is 5.91 Å². The SMILES string of the molecule is CC(C)c1cccc(C(C)C)c1NC(=O)[C@H]1CNC[C@@H]1c1cnn(C)c1. The van der Waals surface area contributed by atoms with Crippen LogP contribution in [0, 0.1) is 5.92 Å². The van der Waals surface area contributed by atoms with Crippen molar-refractivity contribution in [1.82, 2.24) is 15.1 Å². The first-order valence-electron chi connectivity index (χ1n) is 9.51. The Balaban J connectivity index is 1.88. The van der Waals surface area contributed by atoms with E-state index in [4.69, 9.17) is 0 Å². The lowest BCUT2D eigenvalue weighted by atomic mass is 9.89. The quantitative estimate of drug-likeness (QED) is 0.862. The molecule has 1 amide bonds. The zero-order valence-electron chi connectivity index (χ0n) is 16.4. The van der Waals surface area contributed by atoms with E-state index >= 15 is 0 Å². The smallest absolute Gasteiger partial charge is 0.229 e. The number of carbonyl (C=O) groups excluding carboxylic acids is 1. The lowest BCUT2D eigenvalue weighted by Crippen LogP contribution is -2.29. The minimum Gasteiger partial charge on any atom is -0.325 e. The van der Waals surface area contributed by atoms with Crippen LogP contribution in [-0.4, -0.2) is 28.8 Å². The van der Waals surface area contributed by atoms with Gasteiger partial charge < -0.3 is 10.6 Å². The number of anilines is 1. The van der Waals surface area contributed by atoms with Gasteiger partial charge in [0.05, 0.1) is 12.1 Å². The normalized spacial score (nSPS) is 20.1. The Morgan fingerprint density at radius 2 is 1.85 bits per heavy atom. The van der Waals surface area contributed by atoms with Gasteiger partial charge in [0.1, 0.15) is 0 Å². The predicted molar refractivity (Wildman–Crippen MR) is 106 cm³/mol. The number of hydrogen-bond donors (Lipinski definition) is 2. The molecule has 1 saturated heterocycles. The average molecular weight is 354 g/mol. The molecule has 2 heterocycles. The zero-order chi connectivity index (χ0) is 18.8. The molecular formula is C21H30N4O. The first-order valence-corrected chi connectivity index (χ1v) is 9.51. The van der Waals surface area contributed by atoms with E-state index in [1.165, 1.54) is 11.1 Å². The maximum atomic E-state index is 13.2. The molecule has 0 saturated carbocycles. The van der Waals surface area contributed by atoms with Crippen molar-refractivity contribution in [2.75, 3.05) is 18.4 Å². The molecule has 1 aliphatic rings. The molecule has 2 atom stereocenters. The second-order valence-electron chi connectivity index (χ2n) is 7.93. The molecule has 2 aromatic rings. The fraction of sp³-hybridized carbons (Fsp3) is 0.524. The monoisotopic (exact) mass is 354 g/mol. The number of benzene rings is 1. The van der Waals surface area contributed by atoms with Gasteiger partial charge in [-0.3, -0.25) is 9.48 Å². The van der Waals surface area contributed by atoms with Crippen molar-refractivity contribution in [3.05, 3.63) is 47.3 Å². The van der Waals surface area contributed by atoms with Crippen LogP contribution in [0.4, 0.5) is 5.69 Å². The Morgan fingerprint density at radius 1 is 1.19 bits per heavy atom. The second kappa shape index (κ2) is 7.62. The largest absolute Gasteiger partial charge is 0.325 e. The van der Waals surface area contributed by atoms with Crippen molar-refractivity contribution in [2.24, 2.45) is 13.0 Å². The third-order valence-corrected chi connectivity index (χ3v) is 5.33. The molecule has 1 fully saturated rings. The van der Waals surface area contributed by atoms with Crippen LogP contribution in [0.1, 0.15) is 62.1 Å². The summed E-state index contributed by atoms with van der Waals surface area (Å²) in [5.74, 6) is 0.898.